The number of hydrogen-bond donors (Lipinski definition) is 1. The minimum atomic E-state index is -0.377. The largest absolute Gasteiger partial charge is 0.475 e. The lowest BCUT2D eigenvalue weighted by Gasteiger charge is -2.12. The van der Waals surface area contributed by atoms with Crippen LogP contribution in [0.3, 0.4) is 0 Å². The molecule has 0 spiro atoms. The highest BCUT2D eigenvalue weighted by molar-refractivity contribution is 5.47. The number of benzene rings is 1. The zero-order chi connectivity index (χ0) is 10.6. The van der Waals surface area contributed by atoms with Crippen molar-refractivity contribution in [1.82, 2.24) is 0 Å². The van der Waals surface area contributed by atoms with E-state index in [0.29, 0.717) is 12.1 Å². The quantitative estimate of drug-likeness (QED) is 0.744. The second kappa shape index (κ2) is 4.52. The topological polar surface area (TPSA) is 59.0 Å². The van der Waals surface area contributed by atoms with E-state index in [1.807, 2.05) is 19.9 Å². The molecule has 0 bridgehead atoms. The molecule has 3 nitrogen and oxygen atoms in total. The van der Waals surface area contributed by atoms with Gasteiger partial charge in [-0.25, -0.2) is 0 Å². The van der Waals surface area contributed by atoms with Gasteiger partial charge in [-0.3, -0.25) is 0 Å². The monoisotopic (exact) mass is 190 g/mol. The predicted octanol–water partition coefficient (Wildman–Crippen LogP) is 2.26. The first-order valence-corrected chi connectivity index (χ1v) is 4.59. The number of nitrogen functional groups attached to an aromatic ring is 1. The Bertz CT molecular complexity index is 355. The van der Waals surface area contributed by atoms with E-state index in [-0.39, 0.29) is 6.10 Å². The second-order valence-corrected chi connectivity index (χ2v) is 3.17. The van der Waals surface area contributed by atoms with Crippen LogP contribution >= 0.6 is 0 Å². The highest BCUT2D eigenvalue weighted by Gasteiger charge is 2.07. The highest BCUT2D eigenvalue weighted by atomic mass is 16.5. The van der Waals surface area contributed by atoms with Gasteiger partial charge >= 0.3 is 0 Å². The molecule has 1 unspecified atom stereocenters. The molecule has 0 radical (unpaired) electrons. The number of ether oxygens (including phenoxy) is 1. The first kappa shape index (κ1) is 10.4. The second-order valence-electron chi connectivity index (χ2n) is 3.17. The number of rotatable bonds is 3. The molecule has 0 saturated carbocycles. The Morgan fingerprint density at radius 1 is 1.57 bits per heavy atom. The molecule has 1 aromatic rings. The van der Waals surface area contributed by atoms with E-state index in [4.69, 9.17) is 15.7 Å². The lowest BCUT2D eigenvalue weighted by atomic mass is 10.2. The van der Waals surface area contributed by atoms with Gasteiger partial charge < -0.3 is 10.5 Å². The summed E-state index contributed by atoms with van der Waals surface area (Å²) in [5, 5.41) is 8.73. The van der Waals surface area contributed by atoms with Crippen LogP contribution in [-0.2, 0) is 0 Å². The first-order valence-electron chi connectivity index (χ1n) is 4.59. The Morgan fingerprint density at radius 3 is 2.79 bits per heavy atom. The van der Waals surface area contributed by atoms with E-state index in [2.05, 4.69) is 6.07 Å². The maximum Gasteiger partial charge on any atom is 0.184 e. The van der Waals surface area contributed by atoms with E-state index in [1.54, 1.807) is 12.1 Å². The van der Waals surface area contributed by atoms with Crippen molar-refractivity contribution in [2.45, 2.75) is 26.4 Å². The standard InChI is InChI=1S/C11H14N2O/c1-3-10(7-12)14-11-5-4-9(13)6-8(11)2/h4-6,10H,3,13H2,1-2H3. The summed E-state index contributed by atoms with van der Waals surface area (Å²) >= 11 is 0. The van der Waals surface area contributed by atoms with Crippen LogP contribution in [0.2, 0.25) is 0 Å². The Balaban J connectivity index is 2.82. The third-order valence-corrected chi connectivity index (χ3v) is 1.98. The summed E-state index contributed by atoms with van der Waals surface area (Å²) in [6.45, 7) is 3.83. The Labute approximate surface area is 84.1 Å². The highest BCUT2D eigenvalue weighted by Crippen LogP contribution is 2.21. The van der Waals surface area contributed by atoms with Crippen molar-refractivity contribution < 1.29 is 4.74 Å². The van der Waals surface area contributed by atoms with Gasteiger partial charge in [-0.2, -0.15) is 5.26 Å². The molecule has 0 aliphatic rings. The van der Waals surface area contributed by atoms with Crippen LogP contribution in [0.1, 0.15) is 18.9 Å². The molecule has 0 saturated heterocycles. The summed E-state index contributed by atoms with van der Waals surface area (Å²) in [6.07, 6.45) is 0.303. The summed E-state index contributed by atoms with van der Waals surface area (Å²) in [7, 11) is 0. The summed E-state index contributed by atoms with van der Waals surface area (Å²) in [5.41, 5.74) is 7.27. The average molecular weight is 190 g/mol. The van der Waals surface area contributed by atoms with Gasteiger partial charge in [0, 0.05) is 5.69 Å². The van der Waals surface area contributed by atoms with Crippen LogP contribution in [0.5, 0.6) is 5.75 Å². The number of nitriles is 1. The minimum absolute atomic E-state index is 0.377. The molecular formula is C11H14N2O. The molecule has 14 heavy (non-hydrogen) atoms. The smallest absolute Gasteiger partial charge is 0.184 e. The number of nitrogens with zero attached hydrogens (tertiary/aromatic N) is 1. The van der Waals surface area contributed by atoms with E-state index >= 15 is 0 Å². The van der Waals surface area contributed by atoms with Crippen molar-refractivity contribution in [3.63, 3.8) is 0 Å². The molecule has 2 N–H and O–H groups in total. The fraction of sp³-hybridized carbons (Fsp3) is 0.364. The molecule has 1 rings (SSSR count). The van der Waals surface area contributed by atoms with Crippen molar-refractivity contribution in [2.24, 2.45) is 0 Å². The molecule has 1 atom stereocenters. The first-order chi connectivity index (χ1) is 6.67. The molecule has 74 valence electrons. The van der Waals surface area contributed by atoms with Gasteiger partial charge in [0.25, 0.3) is 0 Å². The van der Waals surface area contributed by atoms with Crippen molar-refractivity contribution in [1.29, 1.82) is 5.26 Å². The zero-order valence-corrected chi connectivity index (χ0v) is 8.45. The lowest BCUT2D eigenvalue weighted by Crippen LogP contribution is -2.12. The molecule has 0 amide bonds. The number of aryl methyl sites for hydroxylation is 1. The summed E-state index contributed by atoms with van der Waals surface area (Å²) < 4.78 is 5.48. The van der Waals surface area contributed by atoms with E-state index in [9.17, 15) is 0 Å². The molecular weight excluding hydrogens is 176 g/mol. The third-order valence-electron chi connectivity index (χ3n) is 1.98. The van der Waals surface area contributed by atoms with Crippen LogP contribution in [0, 0.1) is 18.3 Å². The Kier molecular flexibility index (Phi) is 3.35. The summed E-state index contributed by atoms with van der Waals surface area (Å²) in [6, 6.07) is 7.49. The maximum absolute atomic E-state index is 8.73. The molecule has 0 aromatic heterocycles. The van der Waals surface area contributed by atoms with Crippen LogP contribution in [0.4, 0.5) is 5.69 Å². The fourth-order valence-corrected chi connectivity index (χ4v) is 1.16. The van der Waals surface area contributed by atoms with Crippen molar-refractivity contribution in [2.75, 3.05) is 5.73 Å². The van der Waals surface area contributed by atoms with Crippen LogP contribution in [-0.4, -0.2) is 6.10 Å². The van der Waals surface area contributed by atoms with Gasteiger partial charge in [0.2, 0.25) is 0 Å². The molecule has 0 heterocycles. The van der Waals surface area contributed by atoms with Crippen molar-refractivity contribution in [3.8, 4) is 11.8 Å². The van der Waals surface area contributed by atoms with Gasteiger partial charge in [0.15, 0.2) is 6.10 Å². The van der Waals surface area contributed by atoms with Gasteiger partial charge in [-0.15, -0.1) is 0 Å². The molecule has 1 aromatic carbocycles. The molecule has 0 fully saturated rings. The number of hydrogen-bond acceptors (Lipinski definition) is 3. The Hall–Kier alpha value is -1.69. The van der Waals surface area contributed by atoms with E-state index in [1.165, 1.54) is 0 Å². The third kappa shape index (κ3) is 2.40. The van der Waals surface area contributed by atoms with Crippen molar-refractivity contribution >= 4 is 5.69 Å². The van der Waals surface area contributed by atoms with Gasteiger partial charge in [-0.05, 0) is 37.1 Å². The van der Waals surface area contributed by atoms with Gasteiger partial charge in [0.1, 0.15) is 11.8 Å². The number of anilines is 1. The fourth-order valence-electron chi connectivity index (χ4n) is 1.16. The zero-order valence-electron chi connectivity index (χ0n) is 8.45. The maximum atomic E-state index is 8.73. The predicted molar refractivity (Wildman–Crippen MR) is 55.9 cm³/mol. The van der Waals surface area contributed by atoms with Crippen LogP contribution < -0.4 is 10.5 Å². The molecule has 0 aliphatic carbocycles. The minimum Gasteiger partial charge on any atom is -0.475 e. The number of nitrogens with two attached hydrogens (primary N) is 1. The molecule has 0 aliphatic heterocycles. The molecule has 3 heteroatoms. The van der Waals surface area contributed by atoms with Crippen LogP contribution in [0.25, 0.3) is 0 Å². The summed E-state index contributed by atoms with van der Waals surface area (Å²) in [4.78, 5) is 0. The van der Waals surface area contributed by atoms with Crippen molar-refractivity contribution in [3.05, 3.63) is 23.8 Å². The van der Waals surface area contributed by atoms with E-state index in [0.717, 1.165) is 11.3 Å². The lowest BCUT2D eigenvalue weighted by molar-refractivity contribution is 0.250. The van der Waals surface area contributed by atoms with Gasteiger partial charge in [-0.1, -0.05) is 6.92 Å². The van der Waals surface area contributed by atoms with E-state index < -0.39 is 0 Å². The van der Waals surface area contributed by atoms with Gasteiger partial charge in [0.05, 0.1) is 0 Å². The Morgan fingerprint density at radius 2 is 2.29 bits per heavy atom. The SMILES string of the molecule is CCC(C#N)Oc1ccc(N)cc1C. The van der Waals surface area contributed by atoms with Crippen LogP contribution in [0.15, 0.2) is 18.2 Å². The normalized spacial score (nSPS) is 11.8. The average Bonchev–Trinajstić information content (AvgIpc) is 2.17. The summed E-state index contributed by atoms with van der Waals surface area (Å²) in [5.74, 6) is 0.729.